The van der Waals surface area contributed by atoms with Gasteiger partial charge < -0.3 is 9.64 Å². The fraction of sp³-hybridized carbons (Fsp3) is 0.364. The molecule has 3 rings (SSSR count). The van der Waals surface area contributed by atoms with Gasteiger partial charge >= 0.3 is 12.0 Å². The van der Waals surface area contributed by atoms with Gasteiger partial charge in [0, 0.05) is 15.7 Å². The number of hydrogen-bond acceptors (Lipinski definition) is 4. The Balaban J connectivity index is 1.97. The second-order valence-corrected chi connectivity index (χ2v) is 8.48. The van der Waals surface area contributed by atoms with E-state index >= 15 is 0 Å². The van der Waals surface area contributed by atoms with Gasteiger partial charge in [0.2, 0.25) is 0 Å². The van der Waals surface area contributed by atoms with Gasteiger partial charge in [0.25, 0.3) is 0 Å². The maximum atomic E-state index is 13.5. The van der Waals surface area contributed by atoms with Crippen molar-refractivity contribution in [1.82, 2.24) is 9.80 Å². The Morgan fingerprint density at radius 2 is 1.70 bits per heavy atom. The first kappa shape index (κ1) is 22.4. The van der Waals surface area contributed by atoms with Crippen LogP contribution in [-0.2, 0) is 15.1 Å². The Morgan fingerprint density at radius 3 is 2.30 bits per heavy atom. The van der Waals surface area contributed by atoms with Crippen LogP contribution in [0.5, 0.6) is 0 Å². The molecule has 1 fully saturated rings. The Labute approximate surface area is 186 Å². The number of nitrogens with zero attached hydrogens (tertiary/aromatic N) is 3. The summed E-state index contributed by atoms with van der Waals surface area (Å²) in [5.74, 6) is -0.330. The van der Waals surface area contributed by atoms with Gasteiger partial charge in [-0.3, -0.25) is 14.6 Å². The molecular formula is C22H25Cl2N3O3. The van der Waals surface area contributed by atoms with Crippen LogP contribution >= 0.6 is 23.2 Å². The highest BCUT2D eigenvalue weighted by Crippen LogP contribution is 2.35. The Bertz CT molecular complexity index is 901. The first-order valence-electron chi connectivity index (χ1n) is 9.71. The number of carbonyl (C=O) groups is 2. The molecule has 8 heteroatoms. The summed E-state index contributed by atoms with van der Waals surface area (Å²) in [5.41, 5.74) is 0.826. The summed E-state index contributed by atoms with van der Waals surface area (Å²) in [7, 11) is 0. The van der Waals surface area contributed by atoms with E-state index in [-0.39, 0.29) is 31.9 Å². The zero-order valence-electron chi connectivity index (χ0n) is 17.3. The SMILES string of the molecule is CCOC(=O)CN1CN(c2ccccc2)C(=O)N(C(C)(C)c2cc(Cl)cc(Cl)c2)C1. The lowest BCUT2D eigenvalue weighted by Gasteiger charge is -2.48. The average molecular weight is 450 g/mol. The molecule has 1 aliphatic heterocycles. The van der Waals surface area contributed by atoms with Crippen LogP contribution in [0.15, 0.2) is 48.5 Å². The highest BCUT2D eigenvalue weighted by Gasteiger charge is 2.41. The summed E-state index contributed by atoms with van der Waals surface area (Å²) in [5, 5.41) is 0.997. The van der Waals surface area contributed by atoms with Gasteiger partial charge in [-0.2, -0.15) is 0 Å². The number of rotatable bonds is 6. The van der Waals surface area contributed by atoms with Gasteiger partial charge in [-0.25, -0.2) is 4.79 Å². The third kappa shape index (κ3) is 4.89. The normalized spacial score (nSPS) is 15.4. The lowest BCUT2D eigenvalue weighted by molar-refractivity contribution is -0.145. The molecule has 0 saturated carbocycles. The number of hydrogen-bond donors (Lipinski definition) is 0. The van der Waals surface area contributed by atoms with Crippen LogP contribution in [-0.4, -0.2) is 48.3 Å². The van der Waals surface area contributed by atoms with Crippen molar-refractivity contribution >= 4 is 40.9 Å². The number of urea groups is 1. The molecule has 0 N–H and O–H groups in total. The summed E-state index contributed by atoms with van der Waals surface area (Å²) in [6.07, 6.45) is 0. The molecule has 160 valence electrons. The molecule has 2 aromatic carbocycles. The van der Waals surface area contributed by atoms with Crippen molar-refractivity contribution in [1.29, 1.82) is 0 Å². The van der Waals surface area contributed by atoms with Crippen LogP contribution in [0.4, 0.5) is 10.5 Å². The summed E-state index contributed by atoms with van der Waals surface area (Å²) < 4.78 is 5.11. The number of esters is 1. The summed E-state index contributed by atoms with van der Waals surface area (Å²) in [6.45, 7) is 6.57. The van der Waals surface area contributed by atoms with E-state index in [4.69, 9.17) is 27.9 Å². The molecule has 0 unspecified atom stereocenters. The van der Waals surface area contributed by atoms with Crippen molar-refractivity contribution in [2.75, 3.05) is 31.4 Å². The second kappa shape index (κ2) is 9.25. The molecule has 0 aliphatic carbocycles. The largest absolute Gasteiger partial charge is 0.465 e. The molecule has 0 bridgehead atoms. The van der Waals surface area contributed by atoms with E-state index in [0.717, 1.165) is 11.3 Å². The van der Waals surface area contributed by atoms with E-state index in [2.05, 4.69) is 0 Å². The van der Waals surface area contributed by atoms with E-state index in [0.29, 0.717) is 16.7 Å². The quantitative estimate of drug-likeness (QED) is 0.585. The minimum absolute atomic E-state index is 0.0767. The van der Waals surface area contributed by atoms with Crippen LogP contribution in [0.1, 0.15) is 26.3 Å². The molecule has 1 aliphatic rings. The lowest BCUT2D eigenvalue weighted by atomic mass is 9.92. The minimum Gasteiger partial charge on any atom is -0.465 e. The number of anilines is 1. The summed E-state index contributed by atoms with van der Waals surface area (Å²) in [4.78, 5) is 30.9. The van der Waals surface area contributed by atoms with Crippen molar-refractivity contribution in [3.05, 3.63) is 64.1 Å². The van der Waals surface area contributed by atoms with Gasteiger partial charge in [-0.1, -0.05) is 41.4 Å². The molecule has 1 saturated heterocycles. The van der Waals surface area contributed by atoms with E-state index in [9.17, 15) is 9.59 Å². The Morgan fingerprint density at radius 1 is 1.07 bits per heavy atom. The first-order chi connectivity index (χ1) is 14.2. The fourth-order valence-electron chi connectivity index (χ4n) is 3.48. The first-order valence-corrected chi connectivity index (χ1v) is 10.5. The zero-order chi connectivity index (χ0) is 21.9. The van der Waals surface area contributed by atoms with E-state index in [1.54, 1.807) is 34.9 Å². The van der Waals surface area contributed by atoms with Crippen molar-refractivity contribution in [2.24, 2.45) is 0 Å². The maximum Gasteiger partial charge on any atom is 0.327 e. The van der Waals surface area contributed by atoms with Crippen LogP contribution in [0.25, 0.3) is 0 Å². The van der Waals surface area contributed by atoms with Gasteiger partial charge in [0.05, 0.1) is 32.0 Å². The smallest absolute Gasteiger partial charge is 0.327 e. The zero-order valence-corrected chi connectivity index (χ0v) is 18.8. The standard InChI is InChI=1S/C22H25Cl2N3O3/c1-4-30-20(28)13-25-14-26(19-8-6-5-7-9-19)21(29)27(15-25)22(2,3)16-10-17(23)12-18(24)11-16/h5-12H,4,13-15H2,1-3H3. The van der Waals surface area contributed by atoms with Crippen molar-refractivity contribution < 1.29 is 14.3 Å². The highest BCUT2D eigenvalue weighted by atomic mass is 35.5. The summed E-state index contributed by atoms with van der Waals surface area (Å²) >= 11 is 12.4. The van der Waals surface area contributed by atoms with Crippen LogP contribution < -0.4 is 4.90 Å². The van der Waals surface area contributed by atoms with Gasteiger partial charge in [0.15, 0.2) is 0 Å². The monoisotopic (exact) mass is 449 g/mol. The number of benzene rings is 2. The topological polar surface area (TPSA) is 53.1 Å². The fourth-order valence-corrected chi connectivity index (χ4v) is 4.01. The molecule has 2 amide bonds. The minimum atomic E-state index is -0.730. The number of para-hydroxylation sites is 1. The number of carbonyl (C=O) groups excluding carboxylic acids is 2. The average Bonchev–Trinajstić information content (AvgIpc) is 2.69. The third-order valence-electron chi connectivity index (χ3n) is 5.11. The molecular weight excluding hydrogens is 425 g/mol. The van der Waals surface area contributed by atoms with E-state index in [1.165, 1.54) is 0 Å². The van der Waals surface area contributed by atoms with Gasteiger partial charge in [0.1, 0.15) is 0 Å². The summed E-state index contributed by atoms with van der Waals surface area (Å²) in [6, 6.07) is 14.5. The predicted molar refractivity (Wildman–Crippen MR) is 119 cm³/mol. The molecule has 0 atom stereocenters. The lowest BCUT2D eigenvalue weighted by Crippen LogP contribution is -2.63. The predicted octanol–water partition coefficient (Wildman–Crippen LogP) is 4.95. The van der Waals surface area contributed by atoms with E-state index < -0.39 is 5.54 Å². The maximum absolute atomic E-state index is 13.5. The van der Waals surface area contributed by atoms with Crippen LogP contribution in [0.3, 0.4) is 0 Å². The Kier molecular flexibility index (Phi) is 6.91. The van der Waals surface area contributed by atoms with E-state index in [1.807, 2.05) is 49.1 Å². The molecule has 0 aromatic heterocycles. The van der Waals surface area contributed by atoms with Crippen molar-refractivity contribution in [3.8, 4) is 0 Å². The van der Waals surface area contributed by atoms with Gasteiger partial charge in [-0.05, 0) is 56.7 Å². The highest BCUT2D eigenvalue weighted by molar-refractivity contribution is 6.34. The number of halogens is 2. The van der Waals surface area contributed by atoms with Crippen molar-refractivity contribution in [2.45, 2.75) is 26.3 Å². The van der Waals surface area contributed by atoms with Crippen molar-refractivity contribution in [3.63, 3.8) is 0 Å². The Hall–Kier alpha value is -2.28. The second-order valence-electron chi connectivity index (χ2n) is 7.61. The third-order valence-corrected chi connectivity index (χ3v) is 5.55. The molecule has 6 nitrogen and oxygen atoms in total. The molecule has 0 spiro atoms. The molecule has 0 radical (unpaired) electrons. The van der Waals surface area contributed by atoms with Crippen LogP contribution in [0, 0.1) is 0 Å². The molecule has 30 heavy (non-hydrogen) atoms. The number of ether oxygens (including phenoxy) is 1. The van der Waals surface area contributed by atoms with Gasteiger partial charge in [-0.15, -0.1) is 0 Å². The van der Waals surface area contributed by atoms with Crippen LogP contribution in [0.2, 0.25) is 10.0 Å². The molecule has 2 aromatic rings. The number of amides is 2. The molecule has 1 heterocycles.